The van der Waals surface area contributed by atoms with Crippen molar-refractivity contribution in [2.24, 2.45) is 0 Å². The molecule has 0 bridgehead atoms. The third-order valence-electron chi connectivity index (χ3n) is 5.30. The lowest BCUT2D eigenvalue weighted by molar-refractivity contribution is 0.102. The highest BCUT2D eigenvalue weighted by Crippen LogP contribution is 2.31. The number of thiazole rings is 1. The van der Waals surface area contributed by atoms with Crippen molar-refractivity contribution < 1.29 is 17.9 Å². The second kappa shape index (κ2) is 8.41. The fourth-order valence-corrected chi connectivity index (χ4v) is 5.37. The number of hydrogen-bond donors (Lipinski definition) is 1. The summed E-state index contributed by atoms with van der Waals surface area (Å²) >= 11 is 1.33. The molecule has 7 nitrogen and oxygen atoms in total. The highest BCUT2D eigenvalue weighted by Gasteiger charge is 2.24. The van der Waals surface area contributed by atoms with Crippen molar-refractivity contribution in [3.05, 3.63) is 58.5 Å². The van der Waals surface area contributed by atoms with Gasteiger partial charge in [-0.2, -0.15) is 0 Å². The fraction of sp³-hybridized carbons (Fsp3) is 0.273. The predicted octanol–water partition coefficient (Wildman–Crippen LogP) is 3.81. The predicted molar refractivity (Wildman–Crippen MR) is 121 cm³/mol. The molecule has 0 aliphatic heterocycles. The number of carbonyl (C=O) groups excluding carboxylic acids is 1. The number of rotatable bonds is 6. The van der Waals surface area contributed by atoms with E-state index in [1.54, 1.807) is 0 Å². The Labute approximate surface area is 185 Å². The molecule has 0 fully saturated rings. The quantitative estimate of drug-likeness (QED) is 0.608. The molecule has 2 aromatic carbocycles. The Hall–Kier alpha value is -2.75. The number of fused-ring (bicyclic) bond motifs is 1. The van der Waals surface area contributed by atoms with Gasteiger partial charge in [-0.15, -0.1) is 11.3 Å². The van der Waals surface area contributed by atoms with E-state index in [0.29, 0.717) is 5.13 Å². The van der Waals surface area contributed by atoms with E-state index in [1.165, 1.54) is 68.3 Å². The zero-order valence-corrected chi connectivity index (χ0v) is 19.1. The first-order valence-corrected chi connectivity index (χ1v) is 12.1. The van der Waals surface area contributed by atoms with E-state index in [-0.39, 0.29) is 16.2 Å². The molecule has 1 aliphatic carbocycles. The van der Waals surface area contributed by atoms with Crippen molar-refractivity contribution in [2.75, 3.05) is 26.5 Å². The Bertz CT molecular complexity index is 1250. The number of aryl methyl sites for hydroxylation is 2. The molecule has 0 saturated heterocycles. The molecule has 1 heterocycles. The van der Waals surface area contributed by atoms with Crippen LogP contribution in [0.2, 0.25) is 0 Å². The number of sulfonamides is 1. The third kappa shape index (κ3) is 4.21. The number of anilines is 1. The number of nitrogens with zero attached hydrogens (tertiary/aromatic N) is 2. The van der Waals surface area contributed by atoms with E-state index >= 15 is 0 Å². The Kier molecular flexibility index (Phi) is 5.83. The van der Waals surface area contributed by atoms with Gasteiger partial charge in [0.2, 0.25) is 10.0 Å². The summed E-state index contributed by atoms with van der Waals surface area (Å²) in [5, 5.41) is 5.12. The maximum absolute atomic E-state index is 12.8. The summed E-state index contributed by atoms with van der Waals surface area (Å²) in [6.07, 6.45) is 3.40. The van der Waals surface area contributed by atoms with E-state index in [4.69, 9.17) is 4.74 Å². The smallest absolute Gasteiger partial charge is 0.257 e. The van der Waals surface area contributed by atoms with Crippen LogP contribution in [0.25, 0.3) is 11.3 Å². The first kappa shape index (κ1) is 21.5. The molecular weight excluding hydrogens is 434 g/mol. The molecule has 3 aromatic rings. The zero-order chi connectivity index (χ0) is 22.2. The molecule has 1 amide bonds. The minimum Gasteiger partial charge on any atom is -0.495 e. The van der Waals surface area contributed by atoms with Crippen LogP contribution in [0.1, 0.15) is 27.9 Å². The molecule has 1 aliphatic rings. The van der Waals surface area contributed by atoms with E-state index < -0.39 is 15.9 Å². The van der Waals surface area contributed by atoms with Gasteiger partial charge in [0, 0.05) is 30.6 Å². The standard InChI is InChI=1S/C22H23N3O4S2/c1-25(2)31(27,28)20-12-17(9-10-19(20)29-3)21(26)24-22-23-18(13-30-22)16-8-7-14-5-4-6-15(14)11-16/h7-13H,4-6H2,1-3H3,(H,23,24,26). The van der Waals surface area contributed by atoms with Crippen LogP contribution in [0, 0.1) is 0 Å². The topological polar surface area (TPSA) is 88.6 Å². The van der Waals surface area contributed by atoms with Crippen molar-refractivity contribution in [1.82, 2.24) is 9.29 Å². The maximum atomic E-state index is 12.8. The van der Waals surface area contributed by atoms with E-state index in [0.717, 1.165) is 28.4 Å². The number of methoxy groups -OCH3 is 1. The zero-order valence-electron chi connectivity index (χ0n) is 17.5. The minimum absolute atomic E-state index is 0.0642. The average molecular weight is 458 g/mol. The summed E-state index contributed by atoms with van der Waals surface area (Å²) in [5.41, 5.74) is 4.80. The lowest BCUT2D eigenvalue weighted by atomic mass is 10.1. The van der Waals surface area contributed by atoms with Crippen molar-refractivity contribution in [2.45, 2.75) is 24.2 Å². The van der Waals surface area contributed by atoms with E-state index in [1.807, 2.05) is 5.38 Å². The first-order chi connectivity index (χ1) is 14.8. The van der Waals surface area contributed by atoms with Gasteiger partial charge in [-0.3, -0.25) is 10.1 Å². The first-order valence-electron chi connectivity index (χ1n) is 9.79. The van der Waals surface area contributed by atoms with Gasteiger partial charge in [0.15, 0.2) is 5.13 Å². The molecule has 0 saturated carbocycles. The van der Waals surface area contributed by atoms with Crippen molar-refractivity contribution in [3.63, 3.8) is 0 Å². The van der Waals surface area contributed by atoms with Crippen LogP contribution in [0.3, 0.4) is 0 Å². The van der Waals surface area contributed by atoms with Gasteiger partial charge in [0.25, 0.3) is 5.91 Å². The van der Waals surface area contributed by atoms with Crippen LogP contribution in [0.4, 0.5) is 5.13 Å². The van der Waals surface area contributed by atoms with Crippen LogP contribution < -0.4 is 10.1 Å². The van der Waals surface area contributed by atoms with E-state index in [2.05, 4.69) is 28.5 Å². The molecule has 0 radical (unpaired) electrons. The molecule has 0 atom stereocenters. The van der Waals surface area contributed by atoms with Gasteiger partial charge >= 0.3 is 0 Å². The number of hydrogen-bond acceptors (Lipinski definition) is 6. The molecule has 31 heavy (non-hydrogen) atoms. The lowest BCUT2D eigenvalue weighted by Gasteiger charge is -2.15. The summed E-state index contributed by atoms with van der Waals surface area (Å²) in [4.78, 5) is 17.2. The number of aromatic nitrogens is 1. The van der Waals surface area contributed by atoms with Gasteiger partial charge in [-0.05, 0) is 54.7 Å². The highest BCUT2D eigenvalue weighted by molar-refractivity contribution is 7.89. The molecule has 1 N–H and O–H groups in total. The Balaban J connectivity index is 1.57. The highest BCUT2D eigenvalue weighted by atomic mass is 32.2. The minimum atomic E-state index is -3.77. The van der Waals surface area contributed by atoms with Gasteiger partial charge in [0.1, 0.15) is 10.6 Å². The molecular formula is C22H23N3O4S2. The molecule has 1 aromatic heterocycles. The maximum Gasteiger partial charge on any atom is 0.257 e. The number of amides is 1. The lowest BCUT2D eigenvalue weighted by Crippen LogP contribution is -2.23. The van der Waals surface area contributed by atoms with Gasteiger partial charge < -0.3 is 4.74 Å². The monoisotopic (exact) mass is 457 g/mol. The van der Waals surface area contributed by atoms with E-state index in [9.17, 15) is 13.2 Å². The number of nitrogens with one attached hydrogen (secondary N) is 1. The Morgan fingerprint density at radius 3 is 2.65 bits per heavy atom. The average Bonchev–Trinajstić information content (AvgIpc) is 3.41. The SMILES string of the molecule is COc1ccc(C(=O)Nc2nc(-c3ccc4c(c3)CCC4)cs2)cc1S(=O)(=O)N(C)C. The number of ether oxygens (including phenoxy) is 1. The fourth-order valence-electron chi connectivity index (χ4n) is 3.58. The van der Waals surface area contributed by atoms with Crippen molar-refractivity contribution >= 4 is 32.4 Å². The van der Waals surface area contributed by atoms with Gasteiger partial charge in [-0.25, -0.2) is 17.7 Å². The van der Waals surface area contributed by atoms with Crippen LogP contribution in [0.5, 0.6) is 5.75 Å². The second-order valence-electron chi connectivity index (χ2n) is 7.48. The summed E-state index contributed by atoms with van der Waals surface area (Å²) in [5.74, 6) is -0.258. The summed E-state index contributed by atoms with van der Waals surface area (Å²) < 4.78 is 31.4. The van der Waals surface area contributed by atoms with Gasteiger partial charge in [0.05, 0.1) is 12.8 Å². The molecule has 4 rings (SSSR count). The third-order valence-corrected chi connectivity index (χ3v) is 7.90. The van der Waals surface area contributed by atoms with Crippen molar-refractivity contribution in [3.8, 4) is 17.0 Å². The molecule has 0 spiro atoms. The van der Waals surface area contributed by atoms with Crippen molar-refractivity contribution in [1.29, 1.82) is 0 Å². The number of benzene rings is 2. The molecule has 162 valence electrons. The Morgan fingerprint density at radius 2 is 1.90 bits per heavy atom. The summed E-state index contributed by atoms with van der Waals surface area (Å²) in [7, 11) is 0.475. The largest absolute Gasteiger partial charge is 0.495 e. The Morgan fingerprint density at radius 1 is 1.13 bits per heavy atom. The number of carbonyl (C=O) groups is 1. The molecule has 9 heteroatoms. The van der Waals surface area contributed by atoms with Crippen LogP contribution in [-0.2, 0) is 22.9 Å². The molecule has 0 unspecified atom stereocenters. The second-order valence-corrected chi connectivity index (χ2v) is 10.5. The van der Waals surface area contributed by atoms with Crippen LogP contribution in [-0.4, -0.2) is 44.8 Å². The van der Waals surface area contributed by atoms with Gasteiger partial charge in [-0.1, -0.05) is 12.1 Å². The summed E-state index contributed by atoms with van der Waals surface area (Å²) in [6, 6.07) is 10.7. The van der Waals surface area contributed by atoms with Crippen LogP contribution >= 0.6 is 11.3 Å². The summed E-state index contributed by atoms with van der Waals surface area (Å²) in [6.45, 7) is 0. The normalized spacial score (nSPS) is 13.3. The van der Waals surface area contributed by atoms with Crippen LogP contribution in [0.15, 0.2) is 46.7 Å².